The number of nitrogens with zero attached hydrogens (tertiary/aromatic N) is 1. The highest BCUT2D eigenvalue weighted by Gasteiger charge is 2.31. The molecule has 0 aromatic carbocycles. The van der Waals surface area contributed by atoms with Crippen molar-refractivity contribution < 1.29 is 33.8 Å². The van der Waals surface area contributed by atoms with Crippen molar-refractivity contribution in [2.24, 2.45) is 0 Å². The minimum atomic E-state index is -1.52. The van der Waals surface area contributed by atoms with Gasteiger partial charge in [0.05, 0.1) is 20.3 Å². The Labute approximate surface area is 145 Å². The molecule has 3 atom stereocenters. The van der Waals surface area contributed by atoms with Crippen molar-refractivity contribution in [3.63, 3.8) is 0 Å². The molecule has 7 nitrogen and oxygen atoms in total. The molecule has 0 saturated carbocycles. The van der Waals surface area contributed by atoms with Gasteiger partial charge in [0.25, 0.3) is 0 Å². The van der Waals surface area contributed by atoms with Gasteiger partial charge in [0.1, 0.15) is 19.2 Å². The summed E-state index contributed by atoms with van der Waals surface area (Å²) in [6, 6.07) is 2.31. The standard InChI is InChI=1S/C16H33NO6Si/c1-17(6-7-18,13-16(20)21)12-15(19)14-22-8-5-11-24(2)10-4-3-9-23-24/h15,18-19H,3-14H2,1-2H3/p+1. The van der Waals surface area contributed by atoms with Crippen molar-refractivity contribution in [1.82, 2.24) is 0 Å². The van der Waals surface area contributed by atoms with Crippen LogP contribution in [0.5, 0.6) is 0 Å². The van der Waals surface area contributed by atoms with Gasteiger partial charge >= 0.3 is 5.97 Å². The molecule has 3 unspecified atom stereocenters. The Balaban J connectivity index is 2.22. The second-order valence-electron chi connectivity index (χ2n) is 7.39. The van der Waals surface area contributed by atoms with Crippen molar-refractivity contribution in [1.29, 1.82) is 0 Å². The Hall–Kier alpha value is -0.513. The van der Waals surface area contributed by atoms with Crippen LogP contribution in [0.3, 0.4) is 0 Å². The Morgan fingerprint density at radius 3 is 2.75 bits per heavy atom. The first-order valence-electron chi connectivity index (χ1n) is 8.85. The number of quaternary nitrogens is 1. The van der Waals surface area contributed by atoms with Crippen molar-refractivity contribution in [2.45, 2.75) is 44.0 Å². The van der Waals surface area contributed by atoms with E-state index in [0.717, 1.165) is 19.1 Å². The maximum Gasteiger partial charge on any atom is 0.359 e. The topological polar surface area (TPSA) is 96.2 Å². The summed E-state index contributed by atoms with van der Waals surface area (Å²) in [6.07, 6.45) is 2.65. The maximum absolute atomic E-state index is 10.9. The number of rotatable bonds is 12. The molecular formula is C16H34NO6Si+. The number of carboxylic acid groups (broad SMARTS) is 1. The van der Waals surface area contributed by atoms with E-state index in [-0.39, 0.29) is 30.8 Å². The monoisotopic (exact) mass is 364 g/mol. The van der Waals surface area contributed by atoms with Crippen molar-refractivity contribution >= 4 is 14.3 Å². The fraction of sp³-hybridized carbons (Fsp3) is 0.938. The lowest BCUT2D eigenvalue weighted by atomic mass is 10.2. The molecule has 3 N–H and O–H groups in total. The van der Waals surface area contributed by atoms with Crippen LogP contribution in [0.4, 0.5) is 0 Å². The van der Waals surface area contributed by atoms with Crippen molar-refractivity contribution in [3.8, 4) is 0 Å². The predicted octanol–water partition coefficient (Wildman–Crippen LogP) is 0.663. The van der Waals surface area contributed by atoms with Gasteiger partial charge in [-0.05, 0) is 31.5 Å². The van der Waals surface area contributed by atoms with Crippen LogP contribution in [0.25, 0.3) is 0 Å². The molecule has 1 heterocycles. The Kier molecular flexibility index (Phi) is 9.39. The van der Waals surface area contributed by atoms with Gasteiger partial charge in [0.15, 0.2) is 14.9 Å². The maximum atomic E-state index is 10.9. The number of carboxylic acids is 1. The molecule has 1 fully saturated rings. The first kappa shape index (κ1) is 21.5. The molecule has 1 aliphatic rings. The van der Waals surface area contributed by atoms with Gasteiger partial charge in [-0.3, -0.25) is 0 Å². The van der Waals surface area contributed by atoms with Gasteiger partial charge < -0.3 is 29.0 Å². The van der Waals surface area contributed by atoms with E-state index in [9.17, 15) is 9.90 Å². The zero-order valence-electron chi connectivity index (χ0n) is 15.1. The Bertz CT molecular complexity index is 378. The minimum absolute atomic E-state index is 0.0924. The van der Waals surface area contributed by atoms with Crippen LogP contribution in [0.2, 0.25) is 18.6 Å². The van der Waals surface area contributed by atoms with E-state index < -0.39 is 20.4 Å². The molecule has 142 valence electrons. The van der Waals surface area contributed by atoms with Crippen LogP contribution in [-0.4, -0.2) is 93.3 Å². The summed E-state index contributed by atoms with van der Waals surface area (Å²) in [5, 5.41) is 28.1. The molecule has 24 heavy (non-hydrogen) atoms. The molecular weight excluding hydrogens is 330 g/mol. The Morgan fingerprint density at radius 2 is 2.17 bits per heavy atom. The van der Waals surface area contributed by atoms with Crippen LogP contribution in [0.15, 0.2) is 0 Å². The molecule has 1 aliphatic heterocycles. The van der Waals surface area contributed by atoms with E-state index in [2.05, 4.69) is 6.55 Å². The van der Waals surface area contributed by atoms with Gasteiger partial charge in [0.2, 0.25) is 0 Å². The first-order valence-corrected chi connectivity index (χ1v) is 11.7. The highest BCUT2D eigenvalue weighted by atomic mass is 28.4. The molecule has 0 aromatic rings. The second kappa shape index (κ2) is 10.5. The van der Waals surface area contributed by atoms with Gasteiger partial charge in [-0.25, -0.2) is 4.79 Å². The van der Waals surface area contributed by atoms with Crippen LogP contribution in [0.1, 0.15) is 19.3 Å². The molecule has 0 spiro atoms. The minimum Gasteiger partial charge on any atom is -0.477 e. The summed E-state index contributed by atoms with van der Waals surface area (Å²) in [5.74, 6) is -0.940. The Morgan fingerprint density at radius 1 is 1.42 bits per heavy atom. The normalized spacial score (nSPS) is 25.2. The zero-order chi connectivity index (χ0) is 18.1. The lowest BCUT2D eigenvalue weighted by molar-refractivity contribution is -0.905. The van der Waals surface area contributed by atoms with Gasteiger partial charge in [0, 0.05) is 13.2 Å². The van der Waals surface area contributed by atoms with E-state index in [4.69, 9.17) is 19.4 Å². The third-order valence-corrected chi connectivity index (χ3v) is 8.39. The smallest absolute Gasteiger partial charge is 0.359 e. The van der Waals surface area contributed by atoms with Crippen LogP contribution < -0.4 is 0 Å². The van der Waals surface area contributed by atoms with Crippen LogP contribution >= 0.6 is 0 Å². The van der Waals surface area contributed by atoms with Crippen molar-refractivity contribution in [2.75, 3.05) is 53.1 Å². The van der Waals surface area contributed by atoms with Crippen LogP contribution in [-0.2, 0) is 14.0 Å². The van der Waals surface area contributed by atoms with E-state index in [1.165, 1.54) is 18.9 Å². The molecule has 8 heteroatoms. The average molecular weight is 365 g/mol. The molecule has 0 aliphatic carbocycles. The molecule has 1 rings (SSSR count). The summed E-state index contributed by atoms with van der Waals surface area (Å²) < 4.78 is 11.6. The fourth-order valence-electron chi connectivity index (χ4n) is 3.32. The third kappa shape index (κ3) is 8.54. The third-order valence-electron chi connectivity index (χ3n) is 4.66. The highest BCUT2D eigenvalue weighted by molar-refractivity contribution is 6.72. The highest BCUT2D eigenvalue weighted by Crippen LogP contribution is 2.26. The van der Waals surface area contributed by atoms with Gasteiger partial charge in [-0.1, -0.05) is 6.42 Å². The fourth-order valence-corrected chi connectivity index (χ4v) is 6.39. The molecule has 0 radical (unpaired) electrons. The molecule has 0 amide bonds. The predicted molar refractivity (Wildman–Crippen MR) is 93.4 cm³/mol. The van der Waals surface area contributed by atoms with E-state index in [1.807, 2.05) is 0 Å². The number of aliphatic hydroxyl groups is 2. The zero-order valence-corrected chi connectivity index (χ0v) is 16.1. The lowest BCUT2D eigenvalue weighted by Gasteiger charge is -2.34. The summed E-state index contributed by atoms with van der Waals surface area (Å²) in [5.41, 5.74) is 0. The van der Waals surface area contributed by atoms with E-state index in [1.54, 1.807) is 7.05 Å². The number of carbonyl (C=O) groups is 1. The number of hydrogen-bond donors (Lipinski definition) is 3. The number of hydrogen-bond acceptors (Lipinski definition) is 5. The summed E-state index contributed by atoms with van der Waals surface area (Å²) >= 11 is 0. The summed E-state index contributed by atoms with van der Waals surface area (Å²) in [4.78, 5) is 10.9. The number of aliphatic carboxylic acids is 1. The van der Waals surface area contributed by atoms with Gasteiger partial charge in [-0.15, -0.1) is 0 Å². The SMILES string of the molecule is C[N+](CCO)(CC(=O)O)CC(O)COCCC[Si]1(C)CCCCO1. The van der Waals surface area contributed by atoms with E-state index >= 15 is 0 Å². The first-order chi connectivity index (χ1) is 11.3. The summed E-state index contributed by atoms with van der Waals surface area (Å²) in [7, 11) is 0.203. The van der Waals surface area contributed by atoms with Crippen molar-refractivity contribution in [3.05, 3.63) is 0 Å². The van der Waals surface area contributed by atoms with Gasteiger partial charge in [-0.2, -0.15) is 0 Å². The van der Waals surface area contributed by atoms with E-state index in [0.29, 0.717) is 13.2 Å². The molecule has 1 saturated heterocycles. The average Bonchev–Trinajstić information content (AvgIpc) is 2.46. The molecule has 0 aromatic heterocycles. The quantitative estimate of drug-likeness (QED) is 0.267. The lowest BCUT2D eigenvalue weighted by Crippen LogP contribution is -2.54. The number of aliphatic hydroxyl groups excluding tert-OH is 2. The second-order valence-corrected chi connectivity index (χ2v) is 11.6. The largest absolute Gasteiger partial charge is 0.477 e. The van der Waals surface area contributed by atoms with Crippen LogP contribution in [0, 0.1) is 0 Å². The summed E-state index contributed by atoms with van der Waals surface area (Å²) in [6.45, 7) is 4.27. The number of likely N-dealkylation sites (N-methyl/N-ethyl adjacent to an activating group) is 1. The molecule has 0 bridgehead atoms. The number of ether oxygens (including phenoxy) is 1.